The van der Waals surface area contributed by atoms with Crippen LogP contribution in [0.25, 0.3) is 10.9 Å². The molecular formula is C25H16Cl5FN4O2. The number of alkyl halides is 2. The molecule has 3 aromatic carbocycles. The van der Waals surface area contributed by atoms with Gasteiger partial charge in [-0.25, -0.2) is 4.39 Å². The number of rotatable bonds is 5. The van der Waals surface area contributed by atoms with Gasteiger partial charge in [0.1, 0.15) is 10.2 Å². The third-order valence-electron chi connectivity index (χ3n) is 6.12. The van der Waals surface area contributed by atoms with Gasteiger partial charge in [0.25, 0.3) is 5.91 Å². The molecule has 190 valence electrons. The van der Waals surface area contributed by atoms with Crippen molar-refractivity contribution in [3.8, 4) is 0 Å². The molecule has 1 aliphatic carbocycles. The zero-order valence-electron chi connectivity index (χ0n) is 18.8. The van der Waals surface area contributed by atoms with Crippen molar-refractivity contribution in [2.24, 2.45) is 13.0 Å². The summed E-state index contributed by atoms with van der Waals surface area (Å²) < 4.78 is 14.5. The molecule has 37 heavy (non-hydrogen) atoms. The first-order valence-corrected chi connectivity index (χ1v) is 12.7. The van der Waals surface area contributed by atoms with Crippen LogP contribution in [0.3, 0.4) is 0 Å². The minimum atomic E-state index is -1.37. The number of fused-ring (bicyclic) bond motifs is 1. The standard InChI is InChI=1S/C25H16Cl5FN4O2/c1-35-18-4-2-3-17(31)19(18)22(34-35)33-23(36)15-10-14(5-6-16(15)28)32-24(37)21-20(25(21,29)30)11-7-12(26)9-13(27)8-11/h2-10,20-21H,1H3,(H,32,37)(H,33,34,36)/t20-,21+/m0/s1. The molecule has 0 saturated heterocycles. The number of aromatic nitrogens is 2. The van der Waals surface area contributed by atoms with E-state index in [1.807, 2.05) is 0 Å². The van der Waals surface area contributed by atoms with Gasteiger partial charge in [-0.15, -0.1) is 23.2 Å². The number of amides is 2. The second-order valence-electron chi connectivity index (χ2n) is 8.58. The molecule has 2 atom stereocenters. The Morgan fingerprint density at radius 1 is 1.00 bits per heavy atom. The summed E-state index contributed by atoms with van der Waals surface area (Å²) in [6.07, 6.45) is 0. The summed E-state index contributed by atoms with van der Waals surface area (Å²) in [4.78, 5) is 26.1. The molecule has 4 aromatic rings. The minimum Gasteiger partial charge on any atom is -0.326 e. The zero-order chi connectivity index (χ0) is 26.6. The van der Waals surface area contributed by atoms with Gasteiger partial charge in [0.15, 0.2) is 5.82 Å². The van der Waals surface area contributed by atoms with Gasteiger partial charge in [-0.3, -0.25) is 14.3 Å². The third-order valence-corrected chi connectivity index (χ3v) is 7.82. The Morgan fingerprint density at radius 2 is 1.70 bits per heavy atom. The fourth-order valence-corrected chi connectivity index (χ4v) is 5.93. The molecule has 0 spiro atoms. The first kappa shape index (κ1) is 26.1. The van der Waals surface area contributed by atoms with Crippen LogP contribution in [0.2, 0.25) is 15.1 Å². The summed E-state index contributed by atoms with van der Waals surface area (Å²) in [6.45, 7) is 0. The van der Waals surface area contributed by atoms with Gasteiger partial charge < -0.3 is 10.6 Å². The van der Waals surface area contributed by atoms with E-state index in [0.29, 0.717) is 21.1 Å². The lowest BCUT2D eigenvalue weighted by Gasteiger charge is -2.10. The summed E-state index contributed by atoms with van der Waals surface area (Å²) in [6, 6.07) is 13.8. The molecule has 2 amide bonds. The SMILES string of the molecule is Cn1nc(NC(=O)c2cc(NC(=O)[C@H]3[C@H](c4cc(Cl)cc(Cl)c4)C3(Cl)Cl)ccc2Cl)c2c(F)cccc21. The Bertz CT molecular complexity index is 1570. The highest BCUT2D eigenvalue weighted by Gasteiger charge is 2.67. The van der Waals surface area contributed by atoms with Crippen LogP contribution in [0, 0.1) is 11.7 Å². The van der Waals surface area contributed by atoms with Crippen molar-refractivity contribution in [3.63, 3.8) is 0 Å². The molecule has 2 N–H and O–H groups in total. The molecule has 0 radical (unpaired) electrons. The number of anilines is 2. The summed E-state index contributed by atoms with van der Waals surface area (Å²) in [5.74, 6) is -2.90. The first-order valence-electron chi connectivity index (χ1n) is 10.8. The van der Waals surface area contributed by atoms with E-state index in [2.05, 4.69) is 15.7 Å². The molecule has 6 nitrogen and oxygen atoms in total. The fourth-order valence-electron chi connectivity index (χ4n) is 4.35. The summed E-state index contributed by atoms with van der Waals surface area (Å²) in [5, 5.41) is 10.6. The highest BCUT2D eigenvalue weighted by atomic mass is 35.5. The van der Waals surface area contributed by atoms with Gasteiger partial charge in [0, 0.05) is 28.7 Å². The zero-order valence-corrected chi connectivity index (χ0v) is 22.6. The smallest absolute Gasteiger partial charge is 0.258 e. The lowest BCUT2D eigenvalue weighted by Crippen LogP contribution is -2.18. The Kier molecular flexibility index (Phi) is 6.79. The van der Waals surface area contributed by atoms with Gasteiger partial charge in [-0.2, -0.15) is 5.10 Å². The van der Waals surface area contributed by atoms with E-state index in [-0.39, 0.29) is 27.5 Å². The normalized spacial score (nSPS) is 18.0. The van der Waals surface area contributed by atoms with E-state index in [1.54, 1.807) is 37.4 Å². The minimum absolute atomic E-state index is 0.0428. The topological polar surface area (TPSA) is 76.0 Å². The molecule has 1 aliphatic rings. The van der Waals surface area contributed by atoms with Gasteiger partial charge in [0.2, 0.25) is 5.91 Å². The second-order valence-corrected chi connectivity index (χ2v) is 11.3. The number of aryl methyl sites for hydroxylation is 1. The number of nitrogens with one attached hydrogen (secondary N) is 2. The Balaban J connectivity index is 1.36. The molecule has 0 bridgehead atoms. The second kappa shape index (κ2) is 9.64. The van der Waals surface area contributed by atoms with Crippen LogP contribution in [-0.4, -0.2) is 25.9 Å². The summed E-state index contributed by atoms with van der Waals surface area (Å²) in [5.41, 5.74) is 1.48. The molecule has 1 saturated carbocycles. The molecule has 0 aliphatic heterocycles. The van der Waals surface area contributed by atoms with Gasteiger partial charge in [0.05, 0.1) is 27.4 Å². The first-order chi connectivity index (χ1) is 17.5. The number of hydrogen-bond donors (Lipinski definition) is 2. The van der Waals surface area contributed by atoms with Crippen LogP contribution < -0.4 is 10.6 Å². The number of hydrogen-bond acceptors (Lipinski definition) is 3. The number of benzene rings is 3. The van der Waals surface area contributed by atoms with Crippen LogP contribution in [-0.2, 0) is 11.8 Å². The predicted molar refractivity (Wildman–Crippen MR) is 146 cm³/mol. The predicted octanol–water partition coefficient (Wildman–Crippen LogP) is 7.45. The lowest BCUT2D eigenvalue weighted by atomic mass is 10.1. The van der Waals surface area contributed by atoms with Gasteiger partial charge >= 0.3 is 0 Å². The van der Waals surface area contributed by atoms with Crippen LogP contribution in [0.1, 0.15) is 21.8 Å². The average molecular weight is 601 g/mol. The van der Waals surface area contributed by atoms with Gasteiger partial charge in [-0.1, -0.05) is 40.9 Å². The van der Waals surface area contributed by atoms with Crippen molar-refractivity contribution < 1.29 is 14.0 Å². The molecule has 0 unspecified atom stereocenters. The van der Waals surface area contributed by atoms with Crippen molar-refractivity contribution in [3.05, 3.63) is 86.6 Å². The van der Waals surface area contributed by atoms with Crippen LogP contribution >= 0.6 is 58.0 Å². The van der Waals surface area contributed by atoms with E-state index >= 15 is 0 Å². The fraction of sp³-hybridized carbons (Fsp3) is 0.160. The Morgan fingerprint density at radius 3 is 2.41 bits per heavy atom. The van der Waals surface area contributed by atoms with Crippen molar-refractivity contribution in [2.45, 2.75) is 10.3 Å². The number of nitrogens with zero attached hydrogens (tertiary/aromatic N) is 2. The van der Waals surface area contributed by atoms with E-state index in [0.717, 1.165) is 0 Å². The average Bonchev–Trinajstić information content (AvgIpc) is 3.26. The molecule has 5 rings (SSSR count). The van der Waals surface area contributed by atoms with Crippen molar-refractivity contribution in [1.82, 2.24) is 9.78 Å². The molecular weight excluding hydrogens is 585 g/mol. The summed E-state index contributed by atoms with van der Waals surface area (Å²) in [7, 11) is 1.64. The van der Waals surface area contributed by atoms with Crippen LogP contribution in [0.5, 0.6) is 0 Å². The highest BCUT2D eigenvalue weighted by molar-refractivity contribution is 6.53. The largest absolute Gasteiger partial charge is 0.326 e. The molecule has 1 heterocycles. The van der Waals surface area contributed by atoms with Gasteiger partial charge in [-0.05, 0) is 54.1 Å². The Labute approximate surface area is 235 Å². The van der Waals surface area contributed by atoms with Crippen LogP contribution in [0.15, 0.2) is 54.6 Å². The van der Waals surface area contributed by atoms with Crippen molar-refractivity contribution in [2.75, 3.05) is 10.6 Å². The number of carbonyl (C=O) groups is 2. The van der Waals surface area contributed by atoms with E-state index < -0.39 is 33.8 Å². The Hall–Kier alpha value is -2.55. The number of carbonyl (C=O) groups excluding carboxylic acids is 2. The van der Waals surface area contributed by atoms with Crippen LogP contribution in [0.4, 0.5) is 15.9 Å². The van der Waals surface area contributed by atoms with Crippen molar-refractivity contribution in [1.29, 1.82) is 0 Å². The monoisotopic (exact) mass is 598 g/mol. The summed E-state index contributed by atoms with van der Waals surface area (Å²) >= 11 is 31.3. The van der Waals surface area contributed by atoms with E-state index in [4.69, 9.17) is 58.0 Å². The molecule has 1 aromatic heterocycles. The van der Waals surface area contributed by atoms with E-state index in [1.165, 1.54) is 28.9 Å². The maximum absolute atomic E-state index is 14.4. The number of halogens is 6. The lowest BCUT2D eigenvalue weighted by molar-refractivity contribution is -0.117. The quantitative estimate of drug-likeness (QED) is 0.234. The highest BCUT2D eigenvalue weighted by Crippen LogP contribution is 2.65. The molecule has 12 heteroatoms. The third kappa shape index (κ3) is 4.87. The van der Waals surface area contributed by atoms with E-state index in [9.17, 15) is 14.0 Å². The maximum Gasteiger partial charge on any atom is 0.258 e. The molecule has 1 fully saturated rings. The van der Waals surface area contributed by atoms with Crippen molar-refractivity contribution >= 4 is 92.2 Å². The maximum atomic E-state index is 14.4.